The highest BCUT2D eigenvalue weighted by molar-refractivity contribution is 7.92. The number of hydrogen-bond donors (Lipinski definition) is 2. The zero-order chi connectivity index (χ0) is 31.6. The van der Waals surface area contributed by atoms with Crippen molar-refractivity contribution in [1.29, 1.82) is 0 Å². The molecule has 0 spiro atoms. The van der Waals surface area contributed by atoms with Gasteiger partial charge in [0, 0.05) is 36.7 Å². The Morgan fingerprint density at radius 1 is 1.14 bits per heavy atom. The Labute approximate surface area is 250 Å². The smallest absolute Gasteiger partial charge is 0.417 e. The van der Waals surface area contributed by atoms with Crippen LogP contribution in [0.2, 0.25) is 0 Å². The van der Waals surface area contributed by atoms with Crippen LogP contribution in [0.15, 0.2) is 36.5 Å². The fraction of sp³-hybridized carbons (Fsp3) is 0.321. The zero-order valence-electron chi connectivity index (χ0n) is 23.2. The third-order valence-electron chi connectivity index (χ3n) is 6.81. The number of methoxy groups -OCH3 is 1. The highest BCUT2D eigenvalue weighted by Gasteiger charge is 2.36. The van der Waals surface area contributed by atoms with Crippen LogP contribution >= 0.6 is 0 Å². The predicted octanol–water partition coefficient (Wildman–Crippen LogP) is 5.52. The lowest BCUT2D eigenvalue weighted by Gasteiger charge is -2.29. The summed E-state index contributed by atoms with van der Waals surface area (Å²) in [6.07, 6.45) is -3.88. The molecule has 44 heavy (non-hydrogen) atoms. The summed E-state index contributed by atoms with van der Waals surface area (Å²) in [6.45, 7) is 0.522. The van der Waals surface area contributed by atoms with Gasteiger partial charge in [0.25, 0.3) is 0 Å². The van der Waals surface area contributed by atoms with Crippen molar-refractivity contribution in [2.45, 2.75) is 12.6 Å². The number of aromatic nitrogens is 3. The second-order valence-electron chi connectivity index (χ2n) is 9.68. The maximum absolute atomic E-state index is 15.7. The molecule has 0 bridgehead atoms. The number of nitrogens with one attached hydrogen (secondary N) is 1. The first-order valence-electron chi connectivity index (χ1n) is 13.3. The monoisotopic (exact) mass is 640 g/mol. The summed E-state index contributed by atoms with van der Waals surface area (Å²) in [5, 5.41) is 0.241. The Morgan fingerprint density at radius 3 is 2.57 bits per heavy atom. The number of nitrogen functional groups attached to an aromatic ring is 1. The van der Waals surface area contributed by atoms with E-state index in [9.17, 15) is 22.1 Å². The van der Waals surface area contributed by atoms with Crippen LogP contribution in [-0.2, 0) is 22.3 Å². The van der Waals surface area contributed by atoms with Gasteiger partial charge in [0.1, 0.15) is 40.2 Å². The molecular weight excluding hydrogens is 614 g/mol. The summed E-state index contributed by atoms with van der Waals surface area (Å²) in [6, 6.07) is 5.45. The minimum atomic E-state index is -4.80. The van der Waals surface area contributed by atoms with Gasteiger partial charge >= 0.3 is 6.18 Å². The maximum atomic E-state index is 15.7. The predicted molar refractivity (Wildman–Crippen MR) is 154 cm³/mol. The molecule has 0 aliphatic carbocycles. The van der Waals surface area contributed by atoms with Gasteiger partial charge in [-0.1, -0.05) is 0 Å². The van der Waals surface area contributed by atoms with Crippen molar-refractivity contribution in [1.82, 2.24) is 15.0 Å². The number of anilines is 3. The quantitative estimate of drug-likeness (QED) is 0.180. The molecule has 16 heteroatoms. The Morgan fingerprint density at radius 2 is 1.89 bits per heavy atom. The van der Waals surface area contributed by atoms with Crippen LogP contribution in [-0.4, -0.2) is 65.3 Å². The molecule has 4 aromatic rings. The topological polar surface area (TPSA) is 121 Å². The molecule has 1 saturated heterocycles. The molecule has 1 aliphatic heterocycles. The van der Waals surface area contributed by atoms with E-state index in [1.165, 1.54) is 19.2 Å². The Kier molecular flexibility index (Phi) is 9.22. The number of morpholine rings is 1. The van der Waals surface area contributed by atoms with Gasteiger partial charge in [0.2, 0.25) is 0 Å². The van der Waals surface area contributed by atoms with Crippen molar-refractivity contribution in [2.75, 3.05) is 61.2 Å². The van der Waals surface area contributed by atoms with E-state index in [0.29, 0.717) is 32.4 Å². The van der Waals surface area contributed by atoms with Gasteiger partial charge in [0.15, 0.2) is 11.6 Å². The lowest BCUT2D eigenvalue weighted by molar-refractivity contribution is -0.137. The fourth-order valence-electron chi connectivity index (χ4n) is 4.76. The first kappa shape index (κ1) is 31.4. The summed E-state index contributed by atoms with van der Waals surface area (Å²) < 4.78 is 111. The standard InChI is InChI=1S/C28H26F6N6O3S/c1-42-21-12-15(23-19(30)3-4-20(24(23)31)39-44(41)10-2-5-29)11-16-25(21)37-26(38-27(16)40-6-8-43-9-7-40)17-14-36-22(35)13-18(17)28(32,33)34/h3-4,11-14,39H,2,5-10H2,1H3,(H2,35,36). The van der Waals surface area contributed by atoms with Crippen molar-refractivity contribution in [3.05, 3.63) is 53.7 Å². The van der Waals surface area contributed by atoms with Crippen LogP contribution in [0.25, 0.3) is 33.4 Å². The lowest BCUT2D eigenvalue weighted by Crippen LogP contribution is -2.37. The van der Waals surface area contributed by atoms with Gasteiger partial charge in [-0.05, 0) is 35.9 Å². The largest absolute Gasteiger partial charge is 0.593 e. The number of pyridine rings is 1. The number of benzene rings is 2. The van der Waals surface area contributed by atoms with Gasteiger partial charge in [-0.3, -0.25) is 4.39 Å². The van der Waals surface area contributed by atoms with E-state index in [1.807, 2.05) is 0 Å². The number of alkyl halides is 4. The van der Waals surface area contributed by atoms with E-state index >= 15 is 8.78 Å². The van der Waals surface area contributed by atoms with E-state index in [2.05, 4.69) is 19.7 Å². The molecule has 0 radical (unpaired) electrons. The van der Waals surface area contributed by atoms with Crippen molar-refractivity contribution in [3.8, 4) is 28.3 Å². The van der Waals surface area contributed by atoms with Crippen LogP contribution in [0.3, 0.4) is 0 Å². The molecule has 1 atom stereocenters. The van der Waals surface area contributed by atoms with Crippen LogP contribution in [0.4, 0.5) is 43.7 Å². The van der Waals surface area contributed by atoms with Crippen molar-refractivity contribution in [3.63, 3.8) is 0 Å². The normalized spacial score (nSPS) is 14.6. The molecule has 5 rings (SSSR count). The van der Waals surface area contributed by atoms with Crippen LogP contribution in [0.5, 0.6) is 5.75 Å². The molecule has 2 aromatic carbocycles. The Balaban J connectivity index is 1.73. The molecular formula is C28H26F6N6O3S. The molecule has 3 heterocycles. The summed E-state index contributed by atoms with van der Waals surface area (Å²) in [5.74, 6) is -2.58. The van der Waals surface area contributed by atoms with Crippen LogP contribution in [0, 0.1) is 11.6 Å². The van der Waals surface area contributed by atoms with Crippen LogP contribution < -0.4 is 20.1 Å². The third-order valence-corrected chi connectivity index (χ3v) is 7.92. The van der Waals surface area contributed by atoms with E-state index in [1.54, 1.807) is 4.90 Å². The summed E-state index contributed by atoms with van der Waals surface area (Å²) >= 11 is -1.83. The Bertz CT molecular complexity index is 1670. The second kappa shape index (κ2) is 12.9. The van der Waals surface area contributed by atoms with E-state index in [4.69, 9.17) is 15.2 Å². The molecule has 1 aliphatic rings. The second-order valence-corrected chi connectivity index (χ2v) is 11.0. The van der Waals surface area contributed by atoms with Gasteiger partial charge in [-0.2, -0.15) is 13.2 Å². The number of nitrogens with zero attached hydrogens (tertiary/aromatic N) is 4. The number of fused-ring (bicyclic) bond motifs is 1. The van der Waals surface area contributed by atoms with Crippen molar-refractivity contribution < 1.29 is 40.4 Å². The number of halogens is 6. The average molecular weight is 641 g/mol. The molecule has 0 amide bonds. The zero-order valence-corrected chi connectivity index (χ0v) is 24.0. The SMILES string of the molecule is COc1cc(-c2c(F)ccc(N[S+]([O-])CCCF)c2F)cc2c(N3CCOCC3)nc(-c3cnc(N)cc3C(F)(F)F)nc12. The van der Waals surface area contributed by atoms with Crippen molar-refractivity contribution in [2.24, 2.45) is 0 Å². The number of nitrogens with two attached hydrogens (primary N) is 1. The highest BCUT2D eigenvalue weighted by atomic mass is 32.2. The minimum Gasteiger partial charge on any atom is -0.593 e. The summed E-state index contributed by atoms with van der Waals surface area (Å²) in [5.41, 5.74) is 3.35. The fourth-order valence-corrected chi connectivity index (χ4v) is 5.64. The number of rotatable bonds is 9. The summed E-state index contributed by atoms with van der Waals surface area (Å²) in [7, 11) is 1.28. The van der Waals surface area contributed by atoms with E-state index in [0.717, 1.165) is 18.3 Å². The first-order chi connectivity index (χ1) is 21.0. The molecule has 1 unspecified atom stereocenters. The van der Waals surface area contributed by atoms with E-state index < -0.39 is 52.5 Å². The minimum absolute atomic E-state index is 0.00136. The first-order valence-corrected chi connectivity index (χ1v) is 14.6. The molecule has 234 valence electrons. The molecule has 0 saturated carbocycles. The number of hydrogen-bond acceptors (Lipinski definition) is 9. The highest BCUT2D eigenvalue weighted by Crippen LogP contribution is 2.42. The maximum Gasteiger partial charge on any atom is 0.417 e. The third kappa shape index (κ3) is 6.42. The molecule has 9 nitrogen and oxygen atoms in total. The van der Waals surface area contributed by atoms with Gasteiger partial charge in [-0.25, -0.2) is 28.5 Å². The molecule has 3 N–H and O–H groups in total. The average Bonchev–Trinajstić information content (AvgIpc) is 3.00. The lowest BCUT2D eigenvalue weighted by atomic mass is 10.00. The van der Waals surface area contributed by atoms with Gasteiger partial charge in [-0.15, -0.1) is 0 Å². The number of ether oxygens (including phenoxy) is 2. The molecule has 1 fully saturated rings. The molecule has 2 aromatic heterocycles. The summed E-state index contributed by atoms with van der Waals surface area (Å²) in [4.78, 5) is 14.5. The van der Waals surface area contributed by atoms with Gasteiger partial charge in [0.05, 0.1) is 49.5 Å². The van der Waals surface area contributed by atoms with Gasteiger partial charge < -0.3 is 24.7 Å². The van der Waals surface area contributed by atoms with Crippen LogP contribution in [0.1, 0.15) is 12.0 Å². The van der Waals surface area contributed by atoms with E-state index in [-0.39, 0.29) is 57.5 Å². The van der Waals surface area contributed by atoms with Crippen molar-refractivity contribution >= 4 is 39.6 Å². The Hall–Kier alpha value is -4.02.